The van der Waals surface area contributed by atoms with Crippen LogP contribution in [-0.2, 0) is 11.3 Å². The maximum absolute atomic E-state index is 12.7. The molecule has 0 radical (unpaired) electrons. The van der Waals surface area contributed by atoms with Crippen LogP contribution in [0.5, 0.6) is 0 Å². The zero-order valence-electron chi connectivity index (χ0n) is 15.1. The molecule has 0 saturated carbocycles. The van der Waals surface area contributed by atoms with Gasteiger partial charge in [-0.2, -0.15) is 5.10 Å². The van der Waals surface area contributed by atoms with Crippen LogP contribution in [0.15, 0.2) is 24.3 Å². The minimum Gasteiger partial charge on any atom is -0.394 e. The average Bonchev–Trinajstić information content (AvgIpc) is 3.19. The Bertz CT molecular complexity index is 826. The number of primary amides is 1. The first-order valence-electron chi connectivity index (χ1n) is 8.77. The molecule has 138 valence electrons. The second-order valence-corrected chi connectivity index (χ2v) is 6.72. The quantitative estimate of drug-likeness (QED) is 0.842. The van der Waals surface area contributed by atoms with E-state index in [4.69, 9.17) is 5.73 Å². The van der Waals surface area contributed by atoms with Gasteiger partial charge in [-0.1, -0.05) is 12.1 Å². The molecule has 3 rings (SSSR count). The second kappa shape index (κ2) is 7.29. The summed E-state index contributed by atoms with van der Waals surface area (Å²) in [6.45, 7) is 4.51. The molecule has 26 heavy (non-hydrogen) atoms. The van der Waals surface area contributed by atoms with E-state index in [9.17, 15) is 14.7 Å². The van der Waals surface area contributed by atoms with Gasteiger partial charge in [0.1, 0.15) is 6.54 Å². The predicted octanol–water partition coefficient (Wildman–Crippen LogP) is 1.25. The molecule has 2 heterocycles. The number of rotatable bonds is 5. The van der Waals surface area contributed by atoms with Crippen LogP contribution in [0.25, 0.3) is 11.1 Å². The van der Waals surface area contributed by atoms with Crippen LogP contribution in [0.4, 0.5) is 0 Å². The van der Waals surface area contributed by atoms with Crippen LogP contribution < -0.4 is 5.73 Å². The van der Waals surface area contributed by atoms with Crippen molar-refractivity contribution in [3.8, 4) is 11.1 Å². The zero-order valence-corrected chi connectivity index (χ0v) is 15.1. The fraction of sp³-hybridized carbons (Fsp3) is 0.421. The van der Waals surface area contributed by atoms with Gasteiger partial charge in [0.25, 0.3) is 5.91 Å². The predicted molar refractivity (Wildman–Crippen MR) is 97.5 cm³/mol. The summed E-state index contributed by atoms with van der Waals surface area (Å²) < 4.78 is 1.60. The van der Waals surface area contributed by atoms with Crippen molar-refractivity contribution in [3.05, 3.63) is 41.2 Å². The first-order valence-corrected chi connectivity index (χ1v) is 8.77. The fourth-order valence-corrected chi connectivity index (χ4v) is 3.65. The summed E-state index contributed by atoms with van der Waals surface area (Å²) in [5, 5.41) is 13.8. The number of likely N-dealkylation sites (tertiary alicyclic amines) is 1. The summed E-state index contributed by atoms with van der Waals surface area (Å²) in [7, 11) is 0. The van der Waals surface area contributed by atoms with E-state index in [0.29, 0.717) is 12.1 Å². The highest BCUT2D eigenvalue weighted by atomic mass is 16.3. The van der Waals surface area contributed by atoms with Crippen LogP contribution in [-0.4, -0.2) is 50.8 Å². The third-order valence-corrected chi connectivity index (χ3v) is 4.96. The van der Waals surface area contributed by atoms with Gasteiger partial charge in [-0.05, 0) is 44.4 Å². The molecule has 7 nitrogen and oxygen atoms in total. The molecule has 2 aromatic rings. The molecule has 1 atom stereocenters. The van der Waals surface area contributed by atoms with Gasteiger partial charge in [0.05, 0.1) is 18.3 Å². The van der Waals surface area contributed by atoms with Crippen molar-refractivity contribution in [1.29, 1.82) is 0 Å². The van der Waals surface area contributed by atoms with Crippen LogP contribution in [0, 0.1) is 13.8 Å². The Morgan fingerprint density at radius 3 is 2.58 bits per heavy atom. The van der Waals surface area contributed by atoms with Gasteiger partial charge in [-0.15, -0.1) is 0 Å². The molecular formula is C19H24N4O3. The van der Waals surface area contributed by atoms with Gasteiger partial charge in [0.15, 0.2) is 0 Å². The van der Waals surface area contributed by atoms with Gasteiger partial charge in [-0.3, -0.25) is 14.3 Å². The first-order chi connectivity index (χ1) is 12.4. The number of aromatic nitrogens is 2. The van der Waals surface area contributed by atoms with Crippen LogP contribution >= 0.6 is 0 Å². The monoisotopic (exact) mass is 356 g/mol. The van der Waals surface area contributed by atoms with E-state index in [1.165, 1.54) is 0 Å². The number of carbonyl (C=O) groups excluding carboxylic acids is 2. The SMILES string of the molecule is Cc1nn(CC(N)=O)c(C)c1-c1ccc(C(=O)N2CCC[C@H]2CO)cc1. The molecule has 0 bridgehead atoms. The van der Waals surface area contributed by atoms with E-state index < -0.39 is 5.91 Å². The lowest BCUT2D eigenvalue weighted by atomic mass is 10.0. The number of hydrogen-bond donors (Lipinski definition) is 2. The Morgan fingerprint density at radius 2 is 1.96 bits per heavy atom. The van der Waals surface area contributed by atoms with E-state index >= 15 is 0 Å². The molecule has 0 spiro atoms. The van der Waals surface area contributed by atoms with Crippen molar-refractivity contribution in [2.45, 2.75) is 39.3 Å². The van der Waals surface area contributed by atoms with Crippen LogP contribution in [0.2, 0.25) is 0 Å². The van der Waals surface area contributed by atoms with Gasteiger partial charge in [0.2, 0.25) is 5.91 Å². The molecule has 1 aliphatic heterocycles. The topological polar surface area (TPSA) is 101 Å². The van der Waals surface area contributed by atoms with E-state index in [-0.39, 0.29) is 25.1 Å². The van der Waals surface area contributed by atoms with Crippen molar-refractivity contribution in [3.63, 3.8) is 0 Å². The summed E-state index contributed by atoms with van der Waals surface area (Å²) in [4.78, 5) is 25.6. The third kappa shape index (κ3) is 3.35. The number of hydrogen-bond acceptors (Lipinski definition) is 4. The number of nitrogens with two attached hydrogens (primary N) is 1. The molecule has 1 aliphatic rings. The maximum atomic E-state index is 12.7. The third-order valence-electron chi connectivity index (χ3n) is 4.96. The second-order valence-electron chi connectivity index (χ2n) is 6.72. The number of aryl methyl sites for hydroxylation is 1. The van der Waals surface area contributed by atoms with Crippen LogP contribution in [0.1, 0.15) is 34.6 Å². The Kier molecular flexibility index (Phi) is 5.08. The number of nitrogens with zero attached hydrogens (tertiary/aromatic N) is 3. The lowest BCUT2D eigenvalue weighted by Gasteiger charge is -2.23. The van der Waals surface area contributed by atoms with Crippen molar-refractivity contribution < 1.29 is 14.7 Å². The van der Waals surface area contributed by atoms with Gasteiger partial charge in [0, 0.05) is 23.4 Å². The molecule has 1 aromatic carbocycles. The largest absolute Gasteiger partial charge is 0.394 e. The standard InChI is InChI=1S/C19H24N4O3/c1-12-18(13(2)23(21-12)10-17(20)25)14-5-7-15(8-6-14)19(26)22-9-3-4-16(22)11-24/h5-8,16,24H,3-4,9-11H2,1-2H3,(H2,20,25)/t16-/m0/s1. The molecule has 1 fully saturated rings. The highest BCUT2D eigenvalue weighted by Gasteiger charge is 2.28. The summed E-state index contributed by atoms with van der Waals surface area (Å²) in [6.07, 6.45) is 1.77. The van der Waals surface area contributed by atoms with Gasteiger partial charge < -0.3 is 15.7 Å². The molecular weight excluding hydrogens is 332 g/mol. The lowest BCUT2D eigenvalue weighted by Crippen LogP contribution is -2.37. The summed E-state index contributed by atoms with van der Waals surface area (Å²) in [6, 6.07) is 7.30. The smallest absolute Gasteiger partial charge is 0.254 e. The minimum atomic E-state index is -0.438. The first kappa shape index (κ1) is 18.1. The Morgan fingerprint density at radius 1 is 1.27 bits per heavy atom. The van der Waals surface area contributed by atoms with Crippen molar-refractivity contribution >= 4 is 11.8 Å². The van der Waals surface area contributed by atoms with E-state index in [0.717, 1.165) is 35.4 Å². The Hall–Kier alpha value is -2.67. The number of amides is 2. The number of benzene rings is 1. The molecule has 1 aromatic heterocycles. The molecule has 3 N–H and O–H groups in total. The number of aliphatic hydroxyl groups excluding tert-OH is 1. The maximum Gasteiger partial charge on any atom is 0.254 e. The summed E-state index contributed by atoms with van der Waals surface area (Å²) >= 11 is 0. The van der Waals surface area contributed by atoms with Crippen LogP contribution in [0.3, 0.4) is 0 Å². The lowest BCUT2D eigenvalue weighted by molar-refractivity contribution is -0.118. The average molecular weight is 356 g/mol. The molecule has 0 unspecified atom stereocenters. The highest BCUT2D eigenvalue weighted by Crippen LogP contribution is 2.28. The van der Waals surface area contributed by atoms with Crippen molar-refractivity contribution in [1.82, 2.24) is 14.7 Å². The molecule has 2 amide bonds. The number of aliphatic hydroxyl groups is 1. The fourth-order valence-electron chi connectivity index (χ4n) is 3.65. The van der Waals surface area contributed by atoms with E-state index in [1.807, 2.05) is 26.0 Å². The highest BCUT2D eigenvalue weighted by molar-refractivity contribution is 5.95. The summed E-state index contributed by atoms with van der Waals surface area (Å²) in [5.74, 6) is -0.488. The van der Waals surface area contributed by atoms with Crippen molar-refractivity contribution in [2.75, 3.05) is 13.2 Å². The van der Waals surface area contributed by atoms with E-state index in [2.05, 4.69) is 5.10 Å². The van der Waals surface area contributed by atoms with Crippen molar-refractivity contribution in [2.24, 2.45) is 5.73 Å². The van der Waals surface area contributed by atoms with E-state index in [1.54, 1.807) is 21.7 Å². The summed E-state index contributed by atoms with van der Waals surface area (Å²) in [5.41, 5.74) is 9.42. The zero-order chi connectivity index (χ0) is 18.8. The Balaban J connectivity index is 1.85. The molecule has 1 saturated heterocycles. The normalized spacial score (nSPS) is 16.9. The molecule has 7 heteroatoms. The number of carbonyl (C=O) groups is 2. The minimum absolute atomic E-state index is 0.00125. The molecule has 0 aliphatic carbocycles. The van der Waals surface area contributed by atoms with Gasteiger partial charge in [-0.25, -0.2) is 0 Å². The van der Waals surface area contributed by atoms with Gasteiger partial charge >= 0.3 is 0 Å². The Labute approximate surface area is 152 Å².